The maximum absolute atomic E-state index is 12.1. The van der Waals surface area contributed by atoms with Crippen molar-refractivity contribution in [1.82, 2.24) is 9.78 Å². The van der Waals surface area contributed by atoms with Crippen LogP contribution in [0.2, 0.25) is 0 Å². The Morgan fingerprint density at radius 1 is 1.35 bits per heavy atom. The van der Waals surface area contributed by atoms with E-state index in [1.807, 2.05) is 51.1 Å². The average molecular weight is 273 g/mol. The summed E-state index contributed by atoms with van der Waals surface area (Å²) in [7, 11) is 0. The van der Waals surface area contributed by atoms with Crippen LogP contribution in [-0.2, 0) is 4.79 Å². The number of rotatable bonds is 5. The summed E-state index contributed by atoms with van der Waals surface area (Å²) in [5.74, 6) is 0.693. The molecule has 0 aliphatic carbocycles. The number of benzene rings is 1. The molecule has 0 aliphatic heterocycles. The predicted octanol–water partition coefficient (Wildman–Crippen LogP) is 2.79. The van der Waals surface area contributed by atoms with Crippen LogP contribution >= 0.6 is 0 Å². The van der Waals surface area contributed by atoms with Gasteiger partial charge in [-0.15, -0.1) is 0 Å². The molecule has 5 nitrogen and oxygen atoms in total. The van der Waals surface area contributed by atoms with Crippen molar-refractivity contribution >= 4 is 11.6 Å². The second-order valence-corrected chi connectivity index (χ2v) is 4.56. The second-order valence-electron chi connectivity index (χ2n) is 4.56. The van der Waals surface area contributed by atoms with E-state index in [9.17, 15) is 4.79 Å². The van der Waals surface area contributed by atoms with E-state index in [2.05, 4.69) is 10.4 Å². The normalized spacial score (nSPS) is 11.9. The number of hydrogen-bond acceptors (Lipinski definition) is 3. The molecule has 0 saturated carbocycles. The van der Waals surface area contributed by atoms with Crippen LogP contribution < -0.4 is 10.1 Å². The minimum absolute atomic E-state index is 0.0998. The highest BCUT2D eigenvalue weighted by atomic mass is 16.5. The maximum atomic E-state index is 12.1. The van der Waals surface area contributed by atoms with Gasteiger partial charge in [-0.05, 0) is 51.1 Å². The second kappa shape index (κ2) is 6.23. The number of nitrogens with zero attached hydrogens (tertiary/aromatic N) is 2. The number of nitrogens with one attached hydrogen (secondary N) is 1. The third-order valence-electron chi connectivity index (χ3n) is 2.95. The van der Waals surface area contributed by atoms with Gasteiger partial charge >= 0.3 is 0 Å². The van der Waals surface area contributed by atoms with Crippen LogP contribution in [0.4, 0.5) is 5.69 Å². The standard InChI is InChI=1S/C15H19N3O2/c1-4-20-14-7-5-13(6-8-14)16-15(19)12(3)18-10-9-11(2)17-18/h5-10,12H,4H2,1-3H3,(H,16,19). The molecule has 0 saturated heterocycles. The van der Waals surface area contributed by atoms with E-state index in [-0.39, 0.29) is 11.9 Å². The first-order valence-electron chi connectivity index (χ1n) is 6.65. The fourth-order valence-electron chi connectivity index (χ4n) is 1.82. The Morgan fingerprint density at radius 3 is 2.60 bits per heavy atom. The molecule has 1 amide bonds. The van der Waals surface area contributed by atoms with Crippen LogP contribution in [-0.4, -0.2) is 22.3 Å². The molecule has 0 aliphatic rings. The Bertz CT molecular complexity index is 575. The molecule has 1 N–H and O–H groups in total. The van der Waals surface area contributed by atoms with E-state index in [1.165, 1.54) is 0 Å². The minimum atomic E-state index is -0.352. The molecule has 1 aromatic heterocycles. The highest BCUT2D eigenvalue weighted by Crippen LogP contribution is 2.17. The van der Waals surface area contributed by atoms with Crippen molar-refractivity contribution in [2.75, 3.05) is 11.9 Å². The highest BCUT2D eigenvalue weighted by Gasteiger charge is 2.15. The zero-order chi connectivity index (χ0) is 14.5. The van der Waals surface area contributed by atoms with Gasteiger partial charge in [0.2, 0.25) is 5.91 Å². The van der Waals surface area contributed by atoms with E-state index in [4.69, 9.17) is 4.74 Å². The highest BCUT2D eigenvalue weighted by molar-refractivity contribution is 5.93. The van der Waals surface area contributed by atoms with E-state index in [0.717, 1.165) is 17.1 Å². The molecule has 2 aromatic rings. The van der Waals surface area contributed by atoms with E-state index in [0.29, 0.717) is 6.61 Å². The molecule has 1 aromatic carbocycles. The number of aromatic nitrogens is 2. The molecule has 1 unspecified atom stereocenters. The van der Waals surface area contributed by atoms with Crippen LogP contribution in [0.1, 0.15) is 25.6 Å². The van der Waals surface area contributed by atoms with Gasteiger partial charge in [0.1, 0.15) is 11.8 Å². The van der Waals surface area contributed by atoms with Gasteiger partial charge in [-0.25, -0.2) is 0 Å². The molecule has 0 bridgehead atoms. The molecule has 0 fully saturated rings. The zero-order valence-corrected chi connectivity index (χ0v) is 12.0. The number of anilines is 1. The summed E-state index contributed by atoms with van der Waals surface area (Å²) in [5, 5.41) is 7.11. The molecule has 20 heavy (non-hydrogen) atoms. The summed E-state index contributed by atoms with van der Waals surface area (Å²) in [6.07, 6.45) is 1.80. The topological polar surface area (TPSA) is 56.1 Å². The van der Waals surface area contributed by atoms with Gasteiger partial charge in [0, 0.05) is 11.9 Å². The van der Waals surface area contributed by atoms with Gasteiger partial charge in [-0.3, -0.25) is 9.48 Å². The van der Waals surface area contributed by atoms with Crippen molar-refractivity contribution in [3.8, 4) is 5.75 Å². The molecular formula is C15H19N3O2. The molecule has 5 heteroatoms. The van der Waals surface area contributed by atoms with Gasteiger partial charge in [0.25, 0.3) is 0 Å². The third-order valence-corrected chi connectivity index (χ3v) is 2.95. The lowest BCUT2D eigenvalue weighted by Gasteiger charge is -2.13. The van der Waals surface area contributed by atoms with Crippen LogP contribution in [0.3, 0.4) is 0 Å². The van der Waals surface area contributed by atoms with Gasteiger partial charge in [-0.1, -0.05) is 0 Å². The molecule has 0 radical (unpaired) electrons. The fraction of sp³-hybridized carbons (Fsp3) is 0.333. The summed E-state index contributed by atoms with van der Waals surface area (Å²) in [4.78, 5) is 12.1. The van der Waals surface area contributed by atoms with Crippen molar-refractivity contribution in [2.45, 2.75) is 26.8 Å². The number of amides is 1. The smallest absolute Gasteiger partial charge is 0.248 e. The third kappa shape index (κ3) is 3.38. The quantitative estimate of drug-likeness (QED) is 0.911. The molecule has 0 spiro atoms. The summed E-state index contributed by atoms with van der Waals surface area (Å²) in [6.45, 7) is 6.27. The Morgan fingerprint density at radius 2 is 2.05 bits per heavy atom. The molecule has 1 atom stereocenters. The average Bonchev–Trinajstić information content (AvgIpc) is 2.87. The SMILES string of the molecule is CCOc1ccc(NC(=O)C(C)n2ccc(C)n2)cc1. The molecule has 1 heterocycles. The Hall–Kier alpha value is -2.30. The summed E-state index contributed by atoms with van der Waals surface area (Å²) < 4.78 is 7.01. The van der Waals surface area contributed by atoms with Crippen molar-refractivity contribution < 1.29 is 9.53 Å². The first-order valence-corrected chi connectivity index (χ1v) is 6.65. The first-order chi connectivity index (χ1) is 9.60. The largest absolute Gasteiger partial charge is 0.494 e. The lowest BCUT2D eigenvalue weighted by molar-refractivity contribution is -0.119. The van der Waals surface area contributed by atoms with Gasteiger partial charge in [0.15, 0.2) is 0 Å². The van der Waals surface area contributed by atoms with Gasteiger partial charge in [-0.2, -0.15) is 5.10 Å². The van der Waals surface area contributed by atoms with E-state index >= 15 is 0 Å². The number of hydrogen-bond donors (Lipinski definition) is 1. The Balaban J connectivity index is 2.00. The predicted molar refractivity (Wildman–Crippen MR) is 77.9 cm³/mol. The summed E-state index contributed by atoms with van der Waals surface area (Å²) in [6, 6.07) is 8.84. The molecule has 2 rings (SSSR count). The van der Waals surface area contributed by atoms with E-state index in [1.54, 1.807) is 10.9 Å². The maximum Gasteiger partial charge on any atom is 0.248 e. The Labute approximate surface area is 118 Å². The monoisotopic (exact) mass is 273 g/mol. The number of aryl methyl sites for hydroxylation is 1. The van der Waals surface area contributed by atoms with Gasteiger partial charge in [0.05, 0.1) is 12.3 Å². The van der Waals surface area contributed by atoms with Gasteiger partial charge < -0.3 is 10.1 Å². The van der Waals surface area contributed by atoms with Crippen LogP contribution in [0.25, 0.3) is 0 Å². The van der Waals surface area contributed by atoms with Crippen molar-refractivity contribution in [1.29, 1.82) is 0 Å². The van der Waals surface area contributed by atoms with Crippen molar-refractivity contribution in [2.24, 2.45) is 0 Å². The lowest BCUT2D eigenvalue weighted by atomic mass is 10.2. The Kier molecular flexibility index (Phi) is 4.40. The lowest BCUT2D eigenvalue weighted by Crippen LogP contribution is -2.24. The molecular weight excluding hydrogens is 254 g/mol. The first kappa shape index (κ1) is 14.1. The number of carbonyl (C=O) groups excluding carboxylic acids is 1. The number of carbonyl (C=O) groups is 1. The zero-order valence-electron chi connectivity index (χ0n) is 12.0. The molecule has 106 valence electrons. The van der Waals surface area contributed by atoms with Crippen LogP contribution in [0, 0.1) is 6.92 Å². The van der Waals surface area contributed by atoms with E-state index < -0.39 is 0 Å². The summed E-state index contributed by atoms with van der Waals surface area (Å²) in [5.41, 5.74) is 1.64. The van der Waals surface area contributed by atoms with Crippen LogP contribution in [0.5, 0.6) is 5.75 Å². The van der Waals surface area contributed by atoms with Crippen molar-refractivity contribution in [3.63, 3.8) is 0 Å². The van der Waals surface area contributed by atoms with Crippen LogP contribution in [0.15, 0.2) is 36.5 Å². The number of ether oxygens (including phenoxy) is 1. The summed E-state index contributed by atoms with van der Waals surface area (Å²) >= 11 is 0. The fourth-order valence-corrected chi connectivity index (χ4v) is 1.82. The minimum Gasteiger partial charge on any atom is -0.494 e. The van der Waals surface area contributed by atoms with Crippen molar-refractivity contribution in [3.05, 3.63) is 42.2 Å².